The van der Waals surface area contributed by atoms with Gasteiger partial charge in [0.1, 0.15) is 24.1 Å². The minimum Gasteiger partial charge on any atom is -0.495 e. The number of aryl methyl sites for hydroxylation is 1. The number of ether oxygens (including phenoxy) is 2. The molecule has 0 spiro atoms. The molecule has 2 aromatic carbocycles. The van der Waals surface area contributed by atoms with E-state index in [1.54, 1.807) is 20.5 Å². The van der Waals surface area contributed by atoms with Crippen LogP contribution in [0.2, 0.25) is 0 Å². The number of likely N-dealkylation sites (tertiary alicyclic amines) is 1. The third kappa shape index (κ3) is 5.74. The maximum atomic E-state index is 14.5. The van der Waals surface area contributed by atoms with Gasteiger partial charge in [0.15, 0.2) is 0 Å². The van der Waals surface area contributed by atoms with Crippen molar-refractivity contribution in [3.63, 3.8) is 0 Å². The maximum absolute atomic E-state index is 14.5. The Balaban J connectivity index is 1.65. The fourth-order valence-electron chi connectivity index (χ4n) is 4.83. The van der Waals surface area contributed by atoms with Gasteiger partial charge in [-0.3, -0.25) is 0 Å². The number of benzene rings is 2. The first-order valence-electron chi connectivity index (χ1n) is 12.2. The molecule has 0 unspecified atom stereocenters. The molecule has 1 atom stereocenters. The summed E-state index contributed by atoms with van der Waals surface area (Å²) in [5.74, 6) is -1.04. The second-order valence-corrected chi connectivity index (χ2v) is 9.16. The summed E-state index contributed by atoms with van der Waals surface area (Å²) in [6.07, 6.45) is 7.93. The van der Waals surface area contributed by atoms with Crippen molar-refractivity contribution < 1.29 is 22.6 Å². The number of hydrogen-bond donors (Lipinski definition) is 0. The first-order valence-corrected chi connectivity index (χ1v) is 12.2. The molecule has 1 fully saturated rings. The summed E-state index contributed by atoms with van der Waals surface area (Å²) >= 11 is 0. The van der Waals surface area contributed by atoms with Crippen molar-refractivity contribution in [2.45, 2.75) is 38.9 Å². The zero-order chi connectivity index (χ0) is 26.5. The monoisotopic (exact) mass is 511 g/mol. The highest BCUT2D eigenvalue weighted by molar-refractivity contribution is 5.63. The van der Waals surface area contributed by atoms with Crippen LogP contribution in [0.3, 0.4) is 0 Å². The van der Waals surface area contributed by atoms with E-state index in [0.717, 1.165) is 41.1 Å². The van der Waals surface area contributed by atoms with Crippen LogP contribution in [-0.4, -0.2) is 41.8 Å². The molecule has 8 heteroatoms. The van der Waals surface area contributed by atoms with E-state index in [2.05, 4.69) is 22.5 Å². The Bertz CT molecular complexity index is 1280. The molecule has 1 aliphatic rings. The summed E-state index contributed by atoms with van der Waals surface area (Å²) in [6.45, 7) is 6.16. The molecule has 1 saturated heterocycles. The van der Waals surface area contributed by atoms with E-state index in [0.29, 0.717) is 30.9 Å². The Labute approximate surface area is 215 Å². The fourth-order valence-corrected chi connectivity index (χ4v) is 4.83. The van der Waals surface area contributed by atoms with E-state index in [-0.39, 0.29) is 6.04 Å². The van der Waals surface area contributed by atoms with Gasteiger partial charge >= 0.3 is 0 Å². The minimum atomic E-state index is -1.19. The number of halogens is 3. The van der Waals surface area contributed by atoms with Crippen LogP contribution < -0.4 is 4.74 Å². The quantitative estimate of drug-likeness (QED) is 0.320. The lowest BCUT2D eigenvalue weighted by atomic mass is 9.93. The molecule has 5 nitrogen and oxygen atoms in total. The van der Waals surface area contributed by atoms with Crippen molar-refractivity contribution in [2.75, 3.05) is 27.4 Å². The van der Waals surface area contributed by atoms with Crippen molar-refractivity contribution in [3.05, 3.63) is 94.7 Å². The minimum absolute atomic E-state index is 0.366. The number of hydrogen-bond acceptors (Lipinski definition) is 4. The molecule has 2 heterocycles. The van der Waals surface area contributed by atoms with E-state index in [1.165, 1.54) is 12.1 Å². The van der Waals surface area contributed by atoms with Crippen LogP contribution in [0.15, 0.2) is 60.7 Å². The predicted octanol–water partition coefficient (Wildman–Crippen LogP) is 6.71. The van der Waals surface area contributed by atoms with Crippen LogP contribution in [0.25, 0.3) is 11.8 Å². The standard InChI is InChI=1S/C29H32F3N3O2/c1-19-17-34(18-33-19)28-8-7-21(13-29(28)37-4)12-22-6-5-10-35(20(22)2)27(9-11-36-3)23-14-25(31)24(16-30)26(32)15-23/h7-8,12-15,17-18,27H,2,5-6,9-11,16H2,1,3-4H3/b22-12+/t27-/m0/s1. The van der Waals surface area contributed by atoms with Crippen LogP contribution in [-0.2, 0) is 11.4 Å². The first kappa shape index (κ1) is 26.5. The Morgan fingerprint density at radius 1 is 1.16 bits per heavy atom. The maximum Gasteiger partial charge on any atom is 0.143 e. The third-order valence-electron chi connectivity index (χ3n) is 6.75. The molecule has 3 aromatic rings. The van der Waals surface area contributed by atoms with Crippen LogP contribution in [0.5, 0.6) is 5.75 Å². The van der Waals surface area contributed by atoms with Gasteiger partial charge in [0.05, 0.1) is 36.4 Å². The summed E-state index contributed by atoms with van der Waals surface area (Å²) in [7, 11) is 3.22. The zero-order valence-electron chi connectivity index (χ0n) is 21.4. The van der Waals surface area contributed by atoms with Gasteiger partial charge in [-0.15, -0.1) is 0 Å². The molecular weight excluding hydrogens is 479 g/mol. The van der Waals surface area contributed by atoms with Gasteiger partial charge in [0.2, 0.25) is 0 Å². The Morgan fingerprint density at radius 2 is 1.92 bits per heavy atom. The molecule has 4 rings (SSSR count). The lowest BCUT2D eigenvalue weighted by molar-refractivity contribution is 0.146. The summed E-state index contributed by atoms with van der Waals surface area (Å²) in [5, 5.41) is 0. The SMILES string of the molecule is C=C1/C(=C/c2ccc(-n3cnc(C)c3)c(OC)c2)CCCN1[C@@H](CCOC)c1cc(F)c(CF)c(F)c1. The van der Waals surface area contributed by atoms with Gasteiger partial charge in [-0.25, -0.2) is 18.2 Å². The number of allylic oxidation sites excluding steroid dienone is 1. The number of imidazole rings is 1. The molecule has 0 aliphatic carbocycles. The van der Waals surface area contributed by atoms with Crippen LogP contribution in [0.4, 0.5) is 13.2 Å². The van der Waals surface area contributed by atoms with Crippen molar-refractivity contribution in [1.82, 2.24) is 14.5 Å². The molecule has 0 N–H and O–H groups in total. The number of methoxy groups -OCH3 is 2. The van der Waals surface area contributed by atoms with Crippen molar-refractivity contribution in [1.29, 1.82) is 0 Å². The Kier molecular flexibility index (Phi) is 8.38. The molecule has 1 aliphatic heterocycles. The van der Waals surface area contributed by atoms with Gasteiger partial charge < -0.3 is 18.9 Å². The number of alkyl halides is 1. The Hall–Kier alpha value is -3.52. The lowest BCUT2D eigenvalue weighted by Crippen LogP contribution is -2.33. The van der Waals surface area contributed by atoms with E-state index in [9.17, 15) is 13.2 Å². The van der Waals surface area contributed by atoms with E-state index in [4.69, 9.17) is 9.47 Å². The molecule has 196 valence electrons. The molecule has 0 bridgehead atoms. The number of rotatable bonds is 9. The summed E-state index contributed by atoms with van der Waals surface area (Å²) in [6, 6.07) is 8.04. The topological polar surface area (TPSA) is 39.5 Å². The highest BCUT2D eigenvalue weighted by Crippen LogP contribution is 2.37. The summed E-state index contributed by atoms with van der Waals surface area (Å²) in [4.78, 5) is 6.36. The molecular formula is C29H32F3N3O2. The molecule has 1 aromatic heterocycles. The summed E-state index contributed by atoms with van der Waals surface area (Å²) in [5.41, 5.74) is 4.46. The predicted molar refractivity (Wildman–Crippen MR) is 138 cm³/mol. The molecule has 0 amide bonds. The smallest absolute Gasteiger partial charge is 0.143 e. The lowest BCUT2D eigenvalue weighted by Gasteiger charge is -2.39. The molecule has 0 radical (unpaired) electrons. The molecule has 0 saturated carbocycles. The van der Waals surface area contributed by atoms with E-state index < -0.39 is 23.9 Å². The first-order chi connectivity index (χ1) is 17.9. The number of aromatic nitrogens is 2. The average Bonchev–Trinajstić information content (AvgIpc) is 3.32. The number of piperidine rings is 1. The molecule has 37 heavy (non-hydrogen) atoms. The highest BCUT2D eigenvalue weighted by atomic mass is 19.1. The third-order valence-corrected chi connectivity index (χ3v) is 6.75. The van der Waals surface area contributed by atoms with Gasteiger partial charge in [-0.05, 0) is 73.2 Å². The van der Waals surface area contributed by atoms with Gasteiger partial charge in [-0.2, -0.15) is 0 Å². The number of nitrogens with zero attached hydrogens (tertiary/aromatic N) is 3. The van der Waals surface area contributed by atoms with E-state index >= 15 is 0 Å². The fraction of sp³-hybridized carbons (Fsp3) is 0.345. The summed E-state index contributed by atoms with van der Waals surface area (Å²) < 4.78 is 54.9. The van der Waals surface area contributed by atoms with E-state index in [1.807, 2.05) is 35.9 Å². The highest BCUT2D eigenvalue weighted by Gasteiger charge is 2.28. The zero-order valence-corrected chi connectivity index (χ0v) is 21.4. The van der Waals surface area contributed by atoms with Crippen molar-refractivity contribution >= 4 is 6.08 Å². The van der Waals surface area contributed by atoms with Crippen molar-refractivity contribution in [3.8, 4) is 11.4 Å². The second-order valence-electron chi connectivity index (χ2n) is 9.16. The van der Waals surface area contributed by atoms with Crippen LogP contribution in [0, 0.1) is 18.6 Å². The Morgan fingerprint density at radius 3 is 2.54 bits per heavy atom. The second kappa shape index (κ2) is 11.7. The van der Waals surface area contributed by atoms with Gasteiger partial charge in [0, 0.05) is 32.2 Å². The van der Waals surface area contributed by atoms with Crippen LogP contribution in [0.1, 0.15) is 47.7 Å². The average molecular weight is 512 g/mol. The van der Waals surface area contributed by atoms with Crippen molar-refractivity contribution in [2.24, 2.45) is 0 Å². The normalized spacial score (nSPS) is 15.9. The van der Waals surface area contributed by atoms with Gasteiger partial charge in [0.25, 0.3) is 0 Å². The largest absolute Gasteiger partial charge is 0.495 e. The van der Waals surface area contributed by atoms with Crippen LogP contribution >= 0.6 is 0 Å². The van der Waals surface area contributed by atoms with Gasteiger partial charge in [-0.1, -0.05) is 12.6 Å².